The van der Waals surface area contributed by atoms with Crippen LogP contribution in [0.5, 0.6) is 0 Å². The summed E-state index contributed by atoms with van der Waals surface area (Å²) in [5.74, 6) is -4.60. The Morgan fingerprint density at radius 2 is 1.54 bits per heavy atom. The zero-order valence-corrected chi connectivity index (χ0v) is 40.3. The van der Waals surface area contributed by atoms with Crippen molar-refractivity contribution < 1.29 is 63.2 Å². The Labute approximate surface area is 376 Å². The predicted molar refractivity (Wildman–Crippen MR) is 238 cm³/mol. The van der Waals surface area contributed by atoms with E-state index < -0.39 is 102 Å². The molecule has 1 aromatic rings. The number of hydrogen-bond acceptors (Lipinski definition) is 15. The first kappa shape index (κ1) is 53.5. The van der Waals surface area contributed by atoms with Crippen molar-refractivity contribution >= 4 is 11.8 Å². The maximum absolute atomic E-state index is 14.5. The minimum atomic E-state index is -1.99. The van der Waals surface area contributed by atoms with Crippen LogP contribution >= 0.6 is 0 Å². The lowest BCUT2D eigenvalue weighted by atomic mass is 9.73. The summed E-state index contributed by atoms with van der Waals surface area (Å²) < 4.78 is 45.4. The normalized spacial score (nSPS) is 42.5. The fraction of sp³-hybridized carbons (Fsp3) is 0.833. The number of methoxy groups -OCH3 is 1. The van der Waals surface area contributed by atoms with Gasteiger partial charge < -0.3 is 63.8 Å². The van der Waals surface area contributed by atoms with Crippen LogP contribution in [-0.2, 0) is 49.2 Å². The zero-order chi connectivity index (χ0) is 47.0. The predicted octanol–water partition coefficient (Wildman–Crippen LogP) is 4.03. The fourth-order valence-electron chi connectivity index (χ4n) is 10.1. The van der Waals surface area contributed by atoms with Gasteiger partial charge in [0, 0.05) is 43.9 Å². The summed E-state index contributed by atoms with van der Waals surface area (Å²) in [6, 6.07) is 9.97. The van der Waals surface area contributed by atoms with E-state index in [2.05, 4.69) is 17.4 Å². The first-order valence-corrected chi connectivity index (χ1v) is 23.2. The molecule has 4 rings (SSSR count). The van der Waals surface area contributed by atoms with Crippen LogP contribution in [0.15, 0.2) is 30.3 Å². The van der Waals surface area contributed by atoms with Gasteiger partial charge in [0.1, 0.15) is 29.7 Å². The van der Waals surface area contributed by atoms with E-state index in [0.29, 0.717) is 13.0 Å². The Bertz CT molecular complexity index is 1570. The molecule has 1 aromatic carbocycles. The number of carbonyl (C=O) groups excluding carboxylic acids is 2. The number of aliphatic hydroxyl groups excluding tert-OH is 3. The van der Waals surface area contributed by atoms with Gasteiger partial charge in [0.2, 0.25) is 0 Å². The summed E-state index contributed by atoms with van der Waals surface area (Å²) in [5, 5.41) is 50.0. The van der Waals surface area contributed by atoms with Crippen LogP contribution in [0.1, 0.15) is 107 Å². The number of cyclic esters (lactones) is 1. The molecule has 63 heavy (non-hydrogen) atoms. The van der Waals surface area contributed by atoms with Crippen molar-refractivity contribution in [2.24, 2.45) is 23.7 Å². The molecule has 15 heteroatoms. The molecule has 0 saturated carbocycles. The highest BCUT2D eigenvalue weighted by atomic mass is 16.7. The number of likely N-dealkylation sites (N-methyl/N-ethyl adjacent to an activating group) is 1. The first-order valence-electron chi connectivity index (χ1n) is 23.2. The Balaban J connectivity index is 1.82. The molecule has 3 heterocycles. The van der Waals surface area contributed by atoms with Crippen LogP contribution in [0, 0.1) is 23.7 Å². The Morgan fingerprint density at radius 3 is 2.16 bits per heavy atom. The molecule has 0 spiro atoms. The monoisotopic (exact) mass is 895 g/mol. The third-order valence-electron chi connectivity index (χ3n) is 14.2. The number of nitrogens with zero attached hydrogens (tertiary/aromatic N) is 1. The number of nitrogens with one attached hydrogen (secondary N) is 1. The standard InChI is InChI=1S/C48H82N2O13/c1-14-36-48(10,56)41(53)30(4)38(51)28(2)26-47(9,58-24-23-49-22-18-21-34-19-16-15-17-20-34)43(63-45-39(52)35(50(11)12)25-29(3)59-45)31(5)40(32(6)44(55)61-36)62-37-27-46(8,57-13)42(54)33(7)60-37/h15-17,19-20,28-33,35-37,39-43,45,49,52-54,56H,14,18,21-27H2,1-13H3/t28-,29-,30+,31+,32-,33+,35+,36?,37+,39-,40?,41-,42+,43-,45+,46-,47-,48-/m1/s1. The van der Waals surface area contributed by atoms with Gasteiger partial charge >= 0.3 is 5.97 Å². The molecule has 0 radical (unpaired) electrons. The molecule has 3 fully saturated rings. The molecule has 0 amide bonds. The Morgan fingerprint density at radius 1 is 0.873 bits per heavy atom. The minimum Gasteiger partial charge on any atom is -0.459 e. The molecule has 3 aliphatic rings. The van der Waals surface area contributed by atoms with Crippen molar-refractivity contribution in [2.45, 2.75) is 192 Å². The summed E-state index contributed by atoms with van der Waals surface area (Å²) in [5.41, 5.74) is -3.10. The molecule has 15 nitrogen and oxygen atoms in total. The quantitative estimate of drug-likeness (QED) is 0.125. The van der Waals surface area contributed by atoms with Gasteiger partial charge in [-0.05, 0) is 99.9 Å². The van der Waals surface area contributed by atoms with Crippen LogP contribution in [-0.4, -0.2) is 162 Å². The van der Waals surface area contributed by atoms with Crippen molar-refractivity contribution in [1.29, 1.82) is 0 Å². The Hall–Kier alpha value is -2.12. The average Bonchev–Trinajstić information content (AvgIpc) is 3.24. The lowest BCUT2D eigenvalue weighted by Gasteiger charge is -2.50. The van der Waals surface area contributed by atoms with Crippen molar-refractivity contribution in [3.8, 4) is 0 Å². The minimum absolute atomic E-state index is 0.0944. The third-order valence-corrected chi connectivity index (χ3v) is 14.2. The SMILES string of the molecule is CCC1OC(=O)[C@H](C)C(O[C@H]2C[C@@](C)(OC)[C@@H](O)[C@H](C)O2)[C@H](C)[C@@H](O[C@@H]2O[C@H](C)C[C@H](N(C)C)[C@H]2O)[C@](C)(OCCNCCCc2ccccc2)C[C@@H](C)C(=O)[C@H](C)[C@@H](O)[C@]1(C)O. The van der Waals surface area contributed by atoms with E-state index in [1.807, 2.05) is 58.0 Å². The van der Waals surface area contributed by atoms with Crippen LogP contribution < -0.4 is 5.32 Å². The molecule has 0 aliphatic carbocycles. The van der Waals surface area contributed by atoms with E-state index in [1.165, 1.54) is 19.6 Å². The molecular weight excluding hydrogens is 813 g/mol. The second-order valence-electron chi connectivity index (χ2n) is 19.6. The van der Waals surface area contributed by atoms with E-state index in [4.69, 9.17) is 33.2 Å². The second-order valence-corrected chi connectivity index (χ2v) is 19.6. The molecule has 18 atom stereocenters. The van der Waals surface area contributed by atoms with Gasteiger partial charge in [-0.1, -0.05) is 58.0 Å². The number of aliphatic hydroxyl groups is 4. The van der Waals surface area contributed by atoms with E-state index >= 15 is 0 Å². The number of hydrogen-bond donors (Lipinski definition) is 5. The van der Waals surface area contributed by atoms with Crippen molar-refractivity contribution in [2.75, 3.05) is 40.9 Å². The topological polar surface area (TPSA) is 195 Å². The molecule has 5 N–H and O–H groups in total. The van der Waals surface area contributed by atoms with Gasteiger partial charge in [-0.15, -0.1) is 0 Å². The van der Waals surface area contributed by atoms with Gasteiger partial charge in [0.15, 0.2) is 12.6 Å². The smallest absolute Gasteiger partial charge is 0.311 e. The lowest BCUT2D eigenvalue weighted by molar-refractivity contribution is -0.320. The highest BCUT2D eigenvalue weighted by Crippen LogP contribution is 2.42. The summed E-state index contributed by atoms with van der Waals surface area (Å²) >= 11 is 0. The number of esters is 1. The number of aryl methyl sites for hydroxylation is 1. The van der Waals surface area contributed by atoms with Crippen LogP contribution in [0.25, 0.3) is 0 Å². The van der Waals surface area contributed by atoms with Gasteiger partial charge in [0.05, 0.1) is 54.2 Å². The maximum atomic E-state index is 14.5. The van der Waals surface area contributed by atoms with Crippen molar-refractivity contribution in [1.82, 2.24) is 10.2 Å². The van der Waals surface area contributed by atoms with E-state index in [-0.39, 0.29) is 43.8 Å². The molecule has 2 unspecified atom stereocenters. The number of Topliss-reactive ketones (excluding diaryl/α,β-unsaturated/α-hetero) is 1. The number of carbonyl (C=O) groups is 2. The summed E-state index contributed by atoms with van der Waals surface area (Å²) in [4.78, 5) is 30.8. The van der Waals surface area contributed by atoms with Gasteiger partial charge in [-0.2, -0.15) is 0 Å². The maximum Gasteiger partial charge on any atom is 0.311 e. The van der Waals surface area contributed by atoms with Gasteiger partial charge in [-0.3, -0.25) is 9.59 Å². The largest absolute Gasteiger partial charge is 0.459 e. The van der Waals surface area contributed by atoms with Crippen molar-refractivity contribution in [3.63, 3.8) is 0 Å². The van der Waals surface area contributed by atoms with Gasteiger partial charge in [-0.25, -0.2) is 0 Å². The second kappa shape index (κ2) is 23.1. The third kappa shape index (κ3) is 13.1. The van der Waals surface area contributed by atoms with Gasteiger partial charge in [0.25, 0.3) is 0 Å². The molecule has 0 aromatic heterocycles. The number of ketones is 1. The summed E-state index contributed by atoms with van der Waals surface area (Å²) in [6.45, 7) is 18.7. The van der Waals surface area contributed by atoms with E-state index in [1.54, 1.807) is 41.5 Å². The number of ether oxygens (including phenoxy) is 7. The molecule has 3 saturated heterocycles. The van der Waals surface area contributed by atoms with Crippen LogP contribution in [0.2, 0.25) is 0 Å². The Kier molecular flexibility index (Phi) is 19.6. The summed E-state index contributed by atoms with van der Waals surface area (Å²) in [6.07, 6.45) is -7.22. The number of benzene rings is 1. The average molecular weight is 895 g/mol. The van der Waals surface area contributed by atoms with Crippen LogP contribution in [0.3, 0.4) is 0 Å². The first-order chi connectivity index (χ1) is 29.5. The molecule has 3 aliphatic heterocycles. The highest BCUT2D eigenvalue weighted by molar-refractivity contribution is 5.83. The van der Waals surface area contributed by atoms with E-state index in [0.717, 1.165) is 19.4 Å². The summed E-state index contributed by atoms with van der Waals surface area (Å²) in [7, 11) is 5.30. The van der Waals surface area contributed by atoms with Crippen molar-refractivity contribution in [3.05, 3.63) is 35.9 Å². The van der Waals surface area contributed by atoms with E-state index in [9.17, 15) is 30.0 Å². The lowest BCUT2D eigenvalue weighted by Crippen LogP contribution is -2.61. The highest BCUT2D eigenvalue weighted by Gasteiger charge is 2.54. The zero-order valence-electron chi connectivity index (χ0n) is 40.3. The fourth-order valence-corrected chi connectivity index (χ4v) is 10.1. The molecule has 362 valence electrons. The molecular formula is C48H82N2O13. The van der Waals surface area contributed by atoms with Crippen LogP contribution in [0.4, 0.5) is 0 Å². The number of rotatable bonds is 15. The molecule has 0 bridgehead atoms.